The Morgan fingerprint density at radius 2 is 1.69 bits per heavy atom. The van der Waals surface area contributed by atoms with Crippen LogP contribution in [-0.4, -0.2) is 12.7 Å². The van der Waals surface area contributed by atoms with Crippen LogP contribution in [0.4, 0.5) is 10.5 Å². The lowest BCUT2D eigenvalue weighted by molar-refractivity contribution is 0.164. The number of carbonyl (C=O) groups is 1. The Morgan fingerprint density at radius 1 is 0.962 bits per heavy atom. The molecule has 0 bridgehead atoms. The molecule has 2 aliphatic rings. The van der Waals surface area contributed by atoms with Crippen LogP contribution in [0.3, 0.4) is 0 Å². The summed E-state index contributed by atoms with van der Waals surface area (Å²) in [6.07, 6.45) is -0.300. The number of nitrogens with zero attached hydrogens (tertiary/aromatic N) is 1. The molecule has 3 aromatic carbocycles. The predicted molar refractivity (Wildman–Crippen MR) is 105 cm³/mol. The molecule has 0 saturated heterocycles. The van der Waals surface area contributed by atoms with Crippen molar-refractivity contribution in [3.05, 3.63) is 72.8 Å². The summed E-state index contributed by atoms with van der Waals surface area (Å²) < 4.78 is 13.5. The number of amides is 1. The van der Waals surface area contributed by atoms with Crippen molar-refractivity contribution in [1.29, 1.82) is 0 Å². The minimum Gasteiger partial charge on any atom is -0.449 e. The Balaban J connectivity index is 1.87. The van der Waals surface area contributed by atoms with Gasteiger partial charge in [-0.05, 0) is 43.3 Å². The second-order valence-electron chi connectivity index (χ2n) is 6.18. The van der Waals surface area contributed by atoms with Gasteiger partial charge in [0.1, 0.15) is 11.0 Å². The van der Waals surface area contributed by atoms with E-state index in [2.05, 4.69) is 18.2 Å². The molecular weight excluding hydrogens is 345 g/mol. The standard InChI is InChI=1S/C21H17NO3P/c1-2-24-21(23)22-16-11-8-13-18-20(16)26(22,15-9-4-3-5-10-15)19-14-7-6-12-17(19)25-18/h3-14H,2H2,1H3/q+1. The molecule has 0 radical (unpaired) electrons. The van der Waals surface area contributed by atoms with E-state index in [1.54, 1.807) is 0 Å². The third-order valence-electron chi connectivity index (χ3n) is 4.83. The van der Waals surface area contributed by atoms with Gasteiger partial charge in [0, 0.05) is 0 Å². The summed E-state index contributed by atoms with van der Waals surface area (Å²) in [7, 11) is -2.30. The van der Waals surface area contributed by atoms with Gasteiger partial charge in [-0.15, -0.1) is 4.67 Å². The third kappa shape index (κ3) is 1.80. The Kier molecular flexibility index (Phi) is 3.31. The summed E-state index contributed by atoms with van der Waals surface area (Å²) in [6, 6.07) is 24.1. The summed E-state index contributed by atoms with van der Waals surface area (Å²) in [5.41, 5.74) is 0.882. The summed E-state index contributed by atoms with van der Waals surface area (Å²) in [6.45, 7) is 2.18. The molecule has 0 N–H and O–H groups in total. The lowest BCUT2D eigenvalue weighted by atomic mass is 10.2. The van der Waals surface area contributed by atoms with Gasteiger partial charge in [0.15, 0.2) is 22.1 Å². The topological polar surface area (TPSA) is 38.8 Å². The van der Waals surface area contributed by atoms with Crippen LogP contribution < -0.4 is 25.3 Å². The molecule has 4 nitrogen and oxygen atoms in total. The van der Waals surface area contributed by atoms with Gasteiger partial charge in [0.05, 0.1) is 6.61 Å². The van der Waals surface area contributed by atoms with Gasteiger partial charge in [0.2, 0.25) is 7.41 Å². The van der Waals surface area contributed by atoms with Crippen molar-refractivity contribution in [2.75, 3.05) is 11.3 Å². The predicted octanol–water partition coefficient (Wildman–Crippen LogP) is 3.98. The number of fused-ring (bicyclic) bond motifs is 2. The molecule has 0 saturated carbocycles. The van der Waals surface area contributed by atoms with E-state index in [9.17, 15) is 4.79 Å². The largest absolute Gasteiger partial charge is 0.449 e. The first kappa shape index (κ1) is 15.4. The number of para-hydroxylation sites is 1. The maximum absolute atomic E-state index is 13.0. The molecule has 2 aliphatic heterocycles. The van der Waals surface area contributed by atoms with E-state index < -0.39 is 7.41 Å². The second kappa shape index (κ2) is 5.58. The van der Waals surface area contributed by atoms with Gasteiger partial charge in [-0.25, -0.2) is 4.79 Å². The van der Waals surface area contributed by atoms with E-state index in [0.29, 0.717) is 6.61 Å². The van der Waals surface area contributed by atoms with Crippen molar-refractivity contribution in [2.45, 2.75) is 6.92 Å². The minimum absolute atomic E-state index is 0.300. The fraction of sp³-hybridized carbons (Fsp3) is 0.0952. The minimum atomic E-state index is -2.30. The second-order valence-corrected chi connectivity index (χ2v) is 9.29. The van der Waals surface area contributed by atoms with Gasteiger partial charge in [0.25, 0.3) is 0 Å². The highest BCUT2D eigenvalue weighted by atomic mass is 31.2. The highest BCUT2D eigenvalue weighted by molar-refractivity contribution is 8.00. The lowest BCUT2D eigenvalue weighted by Crippen LogP contribution is -2.57. The van der Waals surface area contributed by atoms with Gasteiger partial charge < -0.3 is 9.47 Å². The van der Waals surface area contributed by atoms with Crippen molar-refractivity contribution in [3.8, 4) is 11.5 Å². The normalized spacial score (nSPS) is 18.9. The maximum Gasteiger partial charge on any atom is 0.447 e. The van der Waals surface area contributed by atoms with Gasteiger partial charge in [-0.1, -0.05) is 36.4 Å². The molecule has 128 valence electrons. The molecule has 26 heavy (non-hydrogen) atoms. The molecule has 5 heteroatoms. The summed E-state index contributed by atoms with van der Waals surface area (Å²) in [5, 5.41) is 3.31. The van der Waals surface area contributed by atoms with Crippen LogP contribution in [0.5, 0.6) is 11.5 Å². The molecule has 0 spiro atoms. The molecular formula is C21H17NO3P+. The zero-order valence-corrected chi connectivity index (χ0v) is 15.1. The molecule has 1 unspecified atom stereocenters. The number of benzene rings is 3. The van der Waals surface area contributed by atoms with E-state index in [-0.39, 0.29) is 6.09 Å². The monoisotopic (exact) mass is 362 g/mol. The number of anilines is 1. The van der Waals surface area contributed by atoms with Crippen LogP contribution in [0.2, 0.25) is 0 Å². The molecule has 2 heterocycles. The van der Waals surface area contributed by atoms with E-state index in [4.69, 9.17) is 9.47 Å². The van der Waals surface area contributed by atoms with E-state index in [1.165, 1.54) is 0 Å². The van der Waals surface area contributed by atoms with Gasteiger partial charge in [-0.3, -0.25) is 0 Å². The van der Waals surface area contributed by atoms with Crippen molar-refractivity contribution in [1.82, 2.24) is 0 Å². The van der Waals surface area contributed by atoms with E-state index in [0.717, 1.165) is 33.1 Å². The average molecular weight is 362 g/mol. The molecule has 1 amide bonds. The number of rotatable bonds is 2. The summed E-state index contributed by atoms with van der Waals surface area (Å²) in [4.78, 5) is 13.0. The molecule has 0 aliphatic carbocycles. The van der Waals surface area contributed by atoms with Gasteiger partial charge in [-0.2, -0.15) is 0 Å². The first-order valence-corrected chi connectivity index (χ1v) is 10.4. The number of ether oxygens (including phenoxy) is 2. The van der Waals surface area contributed by atoms with E-state index >= 15 is 0 Å². The third-order valence-corrected chi connectivity index (χ3v) is 9.02. The summed E-state index contributed by atoms with van der Waals surface area (Å²) >= 11 is 0. The first-order valence-electron chi connectivity index (χ1n) is 8.61. The van der Waals surface area contributed by atoms with Gasteiger partial charge >= 0.3 is 6.09 Å². The fourth-order valence-electron chi connectivity index (χ4n) is 3.90. The first-order chi connectivity index (χ1) is 12.8. The number of hydrogen-bond donors (Lipinski definition) is 0. The maximum atomic E-state index is 13.0. The highest BCUT2D eigenvalue weighted by Crippen LogP contribution is 2.73. The zero-order chi connectivity index (χ0) is 17.7. The van der Waals surface area contributed by atoms with Crippen LogP contribution in [0, 0.1) is 0 Å². The highest BCUT2D eigenvalue weighted by Gasteiger charge is 2.70. The Morgan fingerprint density at radius 3 is 2.50 bits per heavy atom. The lowest BCUT2D eigenvalue weighted by Gasteiger charge is -2.46. The number of carbonyl (C=O) groups excluding carboxylic acids is 1. The van der Waals surface area contributed by atoms with Crippen LogP contribution in [-0.2, 0) is 4.74 Å². The van der Waals surface area contributed by atoms with Crippen LogP contribution in [0.1, 0.15) is 6.92 Å². The molecule has 0 fully saturated rings. The van der Waals surface area contributed by atoms with Crippen molar-refractivity contribution in [3.63, 3.8) is 0 Å². The van der Waals surface area contributed by atoms with Crippen molar-refractivity contribution < 1.29 is 14.3 Å². The van der Waals surface area contributed by atoms with E-state index in [1.807, 2.05) is 66.2 Å². The Labute approximate surface area is 152 Å². The smallest absolute Gasteiger partial charge is 0.447 e. The quantitative estimate of drug-likeness (QED) is 0.648. The fourth-order valence-corrected chi connectivity index (χ4v) is 8.26. The van der Waals surface area contributed by atoms with Crippen LogP contribution in [0.15, 0.2) is 72.8 Å². The molecule has 5 rings (SSSR count). The van der Waals surface area contributed by atoms with Crippen LogP contribution >= 0.6 is 7.41 Å². The Bertz CT molecular complexity index is 1020. The van der Waals surface area contributed by atoms with Crippen LogP contribution in [0.25, 0.3) is 0 Å². The molecule has 1 atom stereocenters. The average Bonchev–Trinajstić information content (AvgIpc) is 2.66. The summed E-state index contributed by atoms with van der Waals surface area (Å²) in [5.74, 6) is 1.64. The SMILES string of the molecule is CCOC(=O)N1c2cccc3c2[P+]1(c1ccccc1)c1ccccc1O3. The zero-order valence-electron chi connectivity index (χ0n) is 14.3. The van der Waals surface area contributed by atoms with Crippen molar-refractivity contribution >= 4 is 35.1 Å². The number of hydrogen-bond acceptors (Lipinski definition) is 3. The Hall–Kier alpha value is -2.84. The molecule has 0 aromatic heterocycles. The molecule has 3 aromatic rings. The van der Waals surface area contributed by atoms with Crippen molar-refractivity contribution in [2.24, 2.45) is 0 Å².